The molecule has 0 amide bonds. The van der Waals surface area contributed by atoms with Gasteiger partial charge in [0.1, 0.15) is 6.10 Å². The Kier molecular flexibility index (Phi) is 4.31. The third-order valence-electron chi connectivity index (χ3n) is 3.82. The number of hydrogen-bond acceptors (Lipinski definition) is 3. The average Bonchev–Trinajstić information content (AvgIpc) is 2.40. The molecule has 18 heavy (non-hydrogen) atoms. The van der Waals surface area contributed by atoms with Crippen molar-refractivity contribution in [1.82, 2.24) is 0 Å². The summed E-state index contributed by atoms with van der Waals surface area (Å²) in [6.07, 6.45) is 4.25. The number of aliphatic hydroxyl groups excluding tert-OH is 1. The number of nitro groups is 1. The minimum atomic E-state index is -0.991. The highest BCUT2D eigenvalue weighted by Gasteiger charge is 2.37. The third-order valence-corrected chi connectivity index (χ3v) is 3.82. The first-order valence-corrected chi connectivity index (χ1v) is 6.56. The predicted octanol–water partition coefficient (Wildman–Crippen LogP) is 2.95. The molecule has 0 bridgehead atoms. The monoisotopic (exact) mass is 249 g/mol. The fourth-order valence-electron chi connectivity index (χ4n) is 2.83. The molecule has 4 heteroatoms. The summed E-state index contributed by atoms with van der Waals surface area (Å²) >= 11 is 0. The van der Waals surface area contributed by atoms with Gasteiger partial charge in [-0.3, -0.25) is 10.1 Å². The zero-order valence-corrected chi connectivity index (χ0v) is 10.4. The Labute approximate surface area is 107 Å². The molecule has 0 aliphatic heterocycles. The molecule has 0 heterocycles. The second-order valence-corrected chi connectivity index (χ2v) is 5.03. The molecule has 98 valence electrons. The molecule has 2 rings (SSSR count). The van der Waals surface area contributed by atoms with E-state index in [-0.39, 0.29) is 10.8 Å². The molecule has 1 aromatic carbocycles. The molecule has 1 fully saturated rings. The Hall–Kier alpha value is -1.42. The van der Waals surface area contributed by atoms with Gasteiger partial charge in [-0.1, -0.05) is 49.6 Å². The van der Waals surface area contributed by atoms with Crippen molar-refractivity contribution in [2.75, 3.05) is 0 Å². The number of rotatable bonds is 4. The fraction of sp³-hybridized carbons (Fsp3) is 0.571. The van der Waals surface area contributed by atoms with Gasteiger partial charge in [-0.05, 0) is 18.8 Å². The second-order valence-electron chi connectivity index (χ2n) is 5.03. The lowest BCUT2D eigenvalue weighted by Gasteiger charge is -2.28. The van der Waals surface area contributed by atoms with Gasteiger partial charge in [0.15, 0.2) is 0 Å². The molecule has 1 N–H and O–H groups in total. The lowest BCUT2D eigenvalue weighted by Crippen LogP contribution is -2.33. The van der Waals surface area contributed by atoms with Crippen LogP contribution in [0.1, 0.15) is 43.7 Å². The van der Waals surface area contributed by atoms with Crippen LogP contribution in [0.3, 0.4) is 0 Å². The smallest absolute Gasteiger partial charge is 0.263 e. The minimum absolute atomic E-state index is 0.0642. The van der Waals surface area contributed by atoms with Crippen molar-refractivity contribution >= 4 is 0 Å². The van der Waals surface area contributed by atoms with Crippen molar-refractivity contribution < 1.29 is 10.0 Å². The number of hydrogen-bond donors (Lipinski definition) is 1. The lowest BCUT2D eigenvalue weighted by molar-refractivity contribution is -0.543. The molecular formula is C14H19NO3. The van der Waals surface area contributed by atoms with Crippen LogP contribution in [0, 0.1) is 16.0 Å². The zero-order chi connectivity index (χ0) is 13.0. The van der Waals surface area contributed by atoms with Gasteiger partial charge in [0.25, 0.3) is 6.04 Å². The highest BCUT2D eigenvalue weighted by Crippen LogP contribution is 2.33. The first-order chi connectivity index (χ1) is 8.70. The molecule has 0 unspecified atom stereocenters. The third kappa shape index (κ3) is 2.88. The Morgan fingerprint density at radius 3 is 2.33 bits per heavy atom. The molecule has 0 spiro atoms. The lowest BCUT2D eigenvalue weighted by atomic mass is 9.81. The highest BCUT2D eigenvalue weighted by atomic mass is 16.6. The molecule has 0 aromatic heterocycles. The van der Waals surface area contributed by atoms with E-state index >= 15 is 0 Å². The van der Waals surface area contributed by atoms with E-state index in [9.17, 15) is 15.2 Å². The quantitative estimate of drug-likeness (QED) is 0.659. The van der Waals surface area contributed by atoms with E-state index in [0.29, 0.717) is 5.56 Å². The Morgan fingerprint density at radius 1 is 1.17 bits per heavy atom. The van der Waals surface area contributed by atoms with Gasteiger partial charge in [0.2, 0.25) is 0 Å². The zero-order valence-electron chi connectivity index (χ0n) is 10.4. The molecule has 4 nitrogen and oxygen atoms in total. The molecule has 2 atom stereocenters. The van der Waals surface area contributed by atoms with Crippen molar-refractivity contribution in [3.8, 4) is 0 Å². The van der Waals surface area contributed by atoms with Crippen LogP contribution in [0.15, 0.2) is 30.3 Å². The van der Waals surface area contributed by atoms with E-state index in [1.54, 1.807) is 24.3 Å². The fourth-order valence-corrected chi connectivity index (χ4v) is 2.83. The molecular weight excluding hydrogens is 230 g/mol. The van der Waals surface area contributed by atoms with Gasteiger partial charge in [0, 0.05) is 10.5 Å². The second kappa shape index (κ2) is 5.96. The summed E-state index contributed by atoms with van der Waals surface area (Å²) in [4.78, 5) is 10.9. The van der Waals surface area contributed by atoms with Gasteiger partial charge >= 0.3 is 0 Å². The van der Waals surface area contributed by atoms with E-state index in [0.717, 1.165) is 25.7 Å². The van der Waals surface area contributed by atoms with Crippen LogP contribution in [-0.2, 0) is 0 Å². The molecule has 0 radical (unpaired) electrons. The van der Waals surface area contributed by atoms with Gasteiger partial charge in [-0.25, -0.2) is 0 Å². The molecule has 1 saturated carbocycles. The average molecular weight is 249 g/mol. The molecule has 1 aromatic rings. The van der Waals surface area contributed by atoms with Crippen LogP contribution in [-0.4, -0.2) is 16.1 Å². The first-order valence-electron chi connectivity index (χ1n) is 6.56. The maximum absolute atomic E-state index is 11.2. The Balaban J connectivity index is 2.17. The van der Waals surface area contributed by atoms with Crippen LogP contribution < -0.4 is 0 Å². The summed E-state index contributed by atoms with van der Waals surface area (Å²) in [5.74, 6) is 0.0642. The van der Waals surface area contributed by atoms with Crippen molar-refractivity contribution in [2.45, 2.75) is 44.2 Å². The predicted molar refractivity (Wildman–Crippen MR) is 68.8 cm³/mol. The van der Waals surface area contributed by atoms with Crippen LogP contribution in [0.25, 0.3) is 0 Å². The van der Waals surface area contributed by atoms with Gasteiger partial charge < -0.3 is 5.11 Å². The largest absolute Gasteiger partial charge is 0.385 e. The SMILES string of the molecule is O=[N+]([O-])[C@H](c1ccccc1)[C@H](O)C1CCCCC1. The molecule has 1 aliphatic rings. The van der Waals surface area contributed by atoms with Crippen molar-refractivity contribution in [3.63, 3.8) is 0 Å². The highest BCUT2D eigenvalue weighted by molar-refractivity contribution is 5.18. The van der Waals surface area contributed by atoms with Crippen molar-refractivity contribution in [2.24, 2.45) is 5.92 Å². The molecule has 1 aliphatic carbocycles. The van der Waals surface area contributed by atoms with Crippen molar-refractivity contribution in [1.29, 1.82) is 0 Å². The van der Waals surface area contributed by atoms with Crippen LogP contribution >= 0.6 is 0 Å². The van der Waals surface area contributed by atoms with Gasteiger partial charge in [-0.15, -0.1) is 0 Å². The summed E-state index contributed by atoms with van der Waals surface area (Å²) in [5.41, 5.74) is 0.598. The van der Waals surface area contributed by atoms with E-state index in [1.807, 2.05) is 6.07 Å². The van der Waals surface area contributed by atoms with Crippen LogP contribution in [0.4, 0.5) is 0 Å². The standard InChI is InChI=1S/C14H19NO3/c16-14(12-9-5-2-6-10-12)13(15(17)18)11-7-3-1-4-8-11/h1,3-4,7-8,12-14,16H,2,5-6,9-10H2/t13-,14-/m1/s1. The van der Waals surface area contributed by atoms with Crippen LogP contribution in [0.2, 0.25) is 0 Å². The summed E-state index contributed by atoms with van der Waals surface area (Å²) in [7, 11) is 0. The van der Waals surface area contributed by atoms with E-state index in [1.165, 1.54) is 6.42 Å². The maximum Gasteiger partial charge on any atom is 0.263 e. The summed E-state index contributed by atoms with van der Waals surface area (Å²) in [5, 5.41) is 21.5. The molecule has 0 saturated heterocycles. The summed E-state index contributed by atoms with van der Waals surface area (Å²) < 4.78 is 0. The number of aliphatic hydroxyl groups is 1. The topological polar surface area (TPSA) is 63.4 Å². The minimum Gasteiger partial charge on any atom is -0.385 e. The number of nitrogens with zero attached hydrogens (tertiary/aromatic N) is 1. The normalized spacial score (nSPS) is 20.3. The van der Waals surface area contributed by atoms with E-state index < -0.39 is 12.1 Å². The van der Waals surface area contributed by atoms with Crippen LogP contribution in [0.5, 0.6) is 0 Å². The van der Waals surface area contributed by atoms with Crippen molar-refractivity contribution in [3.05, 3.63) is 46.0 Å². The summed E-state index contributed by atoms with van der Waals surface area (Å²) in [6.45, 7) is 0. The Morgan fingerprint density at radius 2 is 1.78 bits per heavy atom. The van der Waals surface area contributed by atoms with E-state index in [2.05, 4.69) is 0 Å². The first kappa shape index (κ1) is 13.0. The van der Waals surface area contributed by atoms with Gasteiger partial charge in [0.05, 0.1) is 0 Å². The van der Waals surface area contributed by atoms with E-state index in [4.69, 9.17) is 0 Å². The van der Waals surface area contributed by atoms with Gasteiger partial charge in [-0.2, -0.15) is 0 Å². The number of benzene rings is 1. The summed E-state index contributed by atoms with van der Waals surface area (Å²) in [6, 6.07) is 7.83. The Bertz CT molecular complexity index is 387. The maximum atomic E-state index is 11.2.